The quantitative estimate of drug-likeness (QED) is 0.816. The van der Waals surface area contributed by atoms with Crippen molar-refractivity contribution >= 4 is 5.91 Å². The lowest BCUT2D eigenvalue weighted by molar-refractivity contribution is -0.154. The van der Waals surface area contributed by atoms with Gasteiger partial charge in [-0.3, -0.25) is 14.7 Å². The summed E-state index contributed by atoms with van der Waals surface area (Å²) < 4.78 is 40.9. The van der Waals surface area contributed by atoms with Gasteiger partial charge in [0.1, 0.15) is 0 Å². The van der Waals surface area contributed by atoms with Crippen molar-refractivity contribution in [2.24, 2.45) is 0 Å². The first kappa shape index (κ1) is 20.1. The molecule has 2 aromatic heterocycles. The fraction of sp³-hybridized carbons (Fsp3) is 0.421. The summed E-state index contributed by atoms with van der Waals surface area (Å²) in [4.78, 5) is 22.7. The molecule has 9 heteroatoms. The monoisotopic (exact) mass is 394 g/mol. The number of nitrogens with one attached hydrogen (secondary N) is 1. The van der Waals surface area contributed by atoms with Crippen molar-refractivity contribution in [3.8, 4) is 5.88 Å². The Morgan fingerprint density at radius 1 is 1.18 bits per heavy atom. The average molecular weight is 394 g/mol. The summed E-state index contributed by atoms with van der Waals surface area (Å²) in [7, 11) is 0. The van der Waals surface area contributed by atoms with Crippen molar-refractivity contribution in [3.63, 3.8) is 0 Å². The summed E-state index contributed by atoms with van der Waals surface area (Å²) in [6.07, 6.45) is 0.202. The second-order valence-corrected chi connectivity index (χ2v) is 6.63. The first-order valence-electron chi connectivity index (χ1n) is 8.98. The van der Waals surface area contributed by atoms with Gasteiger partial charge in [-0.05, 0) is 31.0 Å². The number of hydrogen-bond acceptors (Lipinski definition) is 5. The van der Waals surface area contributed by atoms with Gasteiger partial charge in [0, 0.05) is 44.1 Å². The van der Waals surface area contributed by atoms with Crippen LogP contribution in [0.25, 0.3) is 0 Å². The van der Waals surface area contributed by atoms with Gasteiger partial charge >= 0.3 is 6.18 Å². The van der Waals surface area contributed by atoms with E-state index in [1.54, 1.807) is 6.20 Å². The van der Waals surface area contributed by atoms with E-state index < -0.39 is 12.8 Å². The molecule has 150 valence electrons. The number of carbonyl (C=O) groups is 1. The highest BCUT2D eigenvalue weighted by molar-refractivity contribution is 5.94. The second-order valence-electron chi connectivity index (χ2n) is 6.63. The van der Waals surface area contributed by atoms with E-state index in [-0.39, 0.29) is 23.4 Å². The van der Waals surface area contributed by atoms with Crippen molar-refractivity contribution < 1.29 is 22.7 Å². The number of ether oxygens (including phenoxy) is 1. The molecule has 1 saturated heterocycles. The molecule has 0 atom stereocenters. The molecule has 0 spiro atoms. The normalized spacial score (nSPS) is 16.0. The smallest absolute Gasteiger partial charge is 0.422 e. The highest BCUT2D eigenvalue weighted by Gasteiger charge is 2.28. The number of piperidine rings is 1. The molecule has 1 aliphatic rings. The standard InChI is InChI=1S/C19H21F3N4O2/c20-19(21,22)13-28-17-5-4-14(11-24-17)18(27)25-15-6-9-26(10-7-15)12-16-3-1-2-8-23-16/h1-5,8,11,15H,6-7,9-10,12-13H2,(H,25,27). The molecule has 3 rings (SSSR count). The summed E-state index contributed by atoms with van der Waals surface area (Å²) in [5.74, 6) is -0.463. The molecule has 0 aromatic carbocycles. The Hall–Kier alpha value is -2.68. The lowest BCUT2D eigenvalue weighted by atomic mass is 10.0. The maximum atomic E-state index is 12.3. The van der Waals surface area contributed by atoms with E-state index in [4.69, 9.17) is 0 Å². The van der Waals surface area contributed by atoms with E-state index in [1.807, 2.05) is 18.2 Å². The van der Waals surface area contributed by atoms with E-state index in [9.17, 15) is 18.0 Å². The summed E-state index contributed by atoms with van der Waals surface area (Å²) in [6.45, 7) is 1.07. The number of rotatable bonds is 6. The van der Waals surface area contributed by atoms with Crippen molar-refractivity contribution in [3.05, 3.63) is 54.0 Å². The zero-order valence-electron chi connectivity index (χ0n) is 15.2. The molecular weight excluding hydrogens is 373 g/mol. The van der Waals surface area contributed by atoms with E-state index in [0.717, 1.165) is 38.2 Å². The SMILES string of the molecule is O=C(NC1CCN(Cc2ccccn2)CC1)c1ccc(OCC(F)(F)F)nc1. The van der Waals surface area contributed by atoms with Gasteiger partial charge in [0.25, 0.3) is 5.91 Å². The molecule has 1 amide bonds. The molecule has 28 heavy (non-hydrogen) atoms. The molecule has 1 fully saturated rings. The lowest BCUT2D eigenvalue weighted by Crippen LogP contribution is -2.44. The molecule has 0 unspecified atom stereocenters. The van der Waals surface area contributed by atoms with Gasteiger partial charge in [-0.15, -0.1) is 0 Å². The van der Waals surface area contributed by atoms with Crippen LogP contribution in [0.1, 0.15) is 28.9 Å². The van der Waals surface area contributed by atoms with Gasteiger partial charge in [-0.25, -0.2) is 4.98 Å². The molecule has 6 nitrogen and oxygen atoms in total. The van der Waals surface area contributed by atoms with Crippen LogP contribution in [0.3, 0.4) is 0 Å². The van der Waals surface area contributed by atoms with Crippen LogP contribution in [0.4, 0.5) is 13.2 Å². The molecule has 0 bridgehead atoms. The minimum absolute atomic E-state index is 0.0497. The number of carbonyl (C=O) groups excluding carboxylic acids is 1. The molecule has 0 radical (unpaired) electrons. The lowest BCUT2D eigenvalue weighted by Gasteiger charge is -2.32. The summed E-state index contributed by atoms with van der Waals surface area (Å²) in [5, 5.41) is 2.95. The van der Waals surface area contributed by atoms with E-state index in [2.05, 4.69) is 24.9 Å². The highest BCUT2D eigenvalue weighted by Crippen LogP contribution is 2.17. The zero-order valence-corrected chi connectivity index (χ0v) is 15.2. The fourth-order valence-corrected chi connectivity index (χ4v) is 2.98. The topological polar surface area (TPSA) is 67.4 Å². The molecule has 3 heterocycles. The largest absolute Gasteiger partial charge is 0.468 e. The van der Waals surface area contributed by atoms with Crippen LogP contribution in [0.5, 0.6) is 5.88 Å². The molecule has 0 saturated carbocycles. The minimum atomic E-state index is -4.43. The third-order valence-corrected chi connectivity index (χ3v) is 4.42. The van der Waals surface area contributed by atoms with Crippen LogP contribution < -0.4 is 10.1 Å². The summed E-state index contributed by atoms with van der Waals surface area (Å²) >= 11 is 0. The average Bonchev–Trinajstić information content (AvgIpc) is 2.68. The van der Waals surface area contributed by atoms with Crippen molar-refractivity contribution in [1.29, 1.82) is 0 Å². The summed E-state index contributed by atoms with van der Waals surface area (Å²) in [5.41, 5.74) is 1.30. The predicted octanol–water partition coefficient (Wildman–Crippen LogP) is 2.81. The second kappa shape index (κ2) is 9.01. The van der Waals surface area contributed by atoms with Crippen LogP contribution >= 0.6 is 0 Å². The molecule has 1 N–H and O–H groups in total. The van der Waals surface area contributed by atoms with Crippen LogP contribution in [-0.4, -0.2) is 52.7 Å². The first-order valence-corrected chi connectivity index (χ1v) is 8.98. The molecule has 2 aromatic rings. The number of amides is 1. The molecule has 1 aliphatic heterocycles. The Kier molecular flexibility index (Phi) is 6.45. The fourth-order valence-electron chi connectivity index (χ4n) is 2.98. The van der Waals surface area contributed by atoms with Crippen LogP contribution in [0, 0.1) is 0 Å². The number of likely N-dealkylation sites (tertiary alicyclic amines) is 1. The van der Waals surface area contributed by atoms with Gasteiger partial charge in [0.2, 0.25) is 5.88 Å². The number of halogens is 3. The Labute approximate surface area is 160 Å². The maximum Gasteiger partial charge on any atom is 0.422 e. The predicted molar refractivity (Wildman–Crippen MR) is 95.8 cm³/mol. The van der Waals surface area contributed by atoms with Gasteiger partial charge in [-0.2, -0.15) is 13.2 Å². The minimum Gasteiger partial charge on any atom is -0.468 e. The Morgan fingerprint density at radius 2 is 1.96 bits per heavy atom. The highest BCUT2D eigenvalue weighted by atomic mass is 19.4. The van der Waals surface area contributed by atoms with E-state index in [0.29, 0.717) is 0 Å². The maximum absolute atomic E-state index is 12.3. The Morgan fingerprint density at radius 3 is 2.57 bits per heavy atom. The molecule has 0 aliphatic carbocycles. The van der Waals surface area contributed by atoms with Crippen molar-refractivity contribution in [2.75, 3.05) is 19.7 Å². The number of aromatic nitrogens is 2. The number of alkyl halides is 3. The number of hydrogen-bond donors (Lipinski definition) is 1. The van der Waals surface area contributed by atoms with Gasteiger partial charge in [0.15, 0.2) is 6.61 Å². The van der Waals surface area contributed by atoms with Crippen LogP contribution in [-0.2, 0) is 6.54 Å². The van der Waals surface area contributed by atoms with Gasteiger partial charge in [-0.1, -0.05) is 6.07 Å². The van der Waals surface area contributed by atoms with Crippen LogP contribution in [0.15, 0.2) is 42.7 Å². The third kappa shape index (κ3) is 6.19. The number of nitrogens with zero attached hydrogens (tertiary/aromatic N) is 3. The zero-order chi connectivity index (χ0) is 20.0. The van der Waals surface area contributed by atoms with E-state index >= 15 is 0 Å². The molecular formula is C19H21F3N4O2. The van der Waals surface area contributed by atoms with Crippen molar-refractivity contribution in [2.45, 2.75) is 31.6 Å². The Bertz CT molecular complexity index is 761. The van der Waals surface area contributed by atoms with E-state index in [1.165, 1.54) is 18.3 Å². The van der Waals surface area contributed by atoms with Crippen LogP contribution in [0.2, 0.25) is 0 Å². The first-order chi connectivity index (χ1) is 13.4. The van der Waals surface area contributed by atoms with Gasteiger partial charge < -0.3 is 10.1 Å². The van der Waals surface area contributed by atoms with Gasteiger partial charge in [0.05, 0.1) is 11.3 Å². The third-order valence-electron chi connectivity index (χ3n) is 4.42. The van der Waals surface area contributed by atoms with Crippen molar-refractivity contribution in [1.82, 2.24) is 20.2 Å². The summed E-state index contributed by atoms with van der Waals surface area (Å²) in [6, 6.07) is 8.55. The number of pyridine rings is 2. The Balaban J connectivity index is 1.44.